The van der Waals surface area contributed by atoms with Crippen LogP contribution in [0.2, 0.25) is 0 Å². The standard InChI is InChI=1S/C16H16BrNO6S/c1-4-24-14-10(17)5-9(6-11(14)22-2)7-12-15(20)18(16(21)25-12)8-13(19)23-3/h5-7H,4,8H2,1-3H3/b12-7-. The molecule has 134 valence electrons. The van der Waals surface area contributed by atoms with Crippen molar-refractivity contribution >= 4 is 50.9 Å². The van der Waals surface area contributed by atoms with Gasteiger partial charge >= 0.3 is 5.97 Å². The van der Waals surface area contributed by atoms with E-state index in [0.29, 0.717) is 28.1 Å². The van der Waals surface area contributed by atoms with Crippen molar-refractivity contribution in [3.63, 3.8) is 0 Å². The number of halogens is 1. The van der Waals surface area contributed by atoms with Crippen LogP contribution in [0.5, 0.6) is 11.5 Å². The Bertz CT molecular complexity index is 748. The first-order chi connectivity index (χ1) is 11.9. The van der Waals surface area contributed by atoms with Gasteiger partial charge in [-0.1, -0.05) is 0 Å². The Balaban J connectivity index is 2.31. The Morgan fingerprint density at radius 1 is 1.32 bits per heavy atom. The molecule has 9 heteroatoms. The number of ether oxygens (including phenoxy) is 3. The van der Waals surface area contributed by atoms with Gasteiger partial charge in [0.15, 0.2) is 11.5 Å². The first-order valence-corrected chi connectivity index (χ1v) is 8.84. The van der Waals surface area contributed by atoms with Crippen molar-refractivity contribution < 1.29 is 28.6 Å². The number of nitrogens with zero attached hydrogens (tertiary/aromatic N) is 1. The van der Waals surface area contributed by atoms with Crippen molar-refractivity contribution in [1.29, 1.82) is 0 Å². The molecule has 1 aliphatic rings. The maximum absolute atomic E-state index is 12.3. The normalized spacial score (nSPS) is 15.7. The minimum Gasteiger partial charge on any atom is -0.493 e. The molecule has 0 atom stereocenters. The van der Waals surface area contributed by atoms with E-state index in [2.05, 4.69) is 20.7 Å². The molecule has 0 aliphatic carbocycles. The summed E-state index contributed by atoms with van der Waals surface area (Å²) in [7, 11) is 2.71. The van der Waals surface area contributed by atoms with E-state index in [0.717, 1.165) is 16.7 Å². The van der Waals surface area contributed by atoms with Gasteiger partial charge in [-0.15, -0.1) is 0 Å². The first kappa shape index (κ1) is 19.3. The molecule has 0 bridgehead atoms. The third-order valence-corrected chi connectivity index (χ3v) is 4.72. The highest BCUT2D eigenvalue weighted by Gasteiger charge is 2.36. The number of rotatable bonds is 6. The smallest absolute Gasteiger partial charge is 0.325 e. The van der Waals surface area contributed by atoms with Crippen LogP contribution in [0.25, 0.3) is 6.08 Å². The van der Waals surface area contributed by atoms with Crippen molar-refractivity contribution in [2.45, 2.75) is 6.92 Å². The molecule has 7 nitrogen and oxygen atoms in total. The molecule has 1 fully saturated rings. The summed E-state index contributed by atoms with van der Waals surface area (Å²) in [6.07, 6.45) is 1.56. The van der Waals surface area contributed by atoms with Gasteiger partial charge < -0.3 is 14.2 Å². The van der Waals surface area contributed by atoms with Crippen molar-refractivity contribution in [3.8, 4) is 11.5 Å². The van der Waals surface area contributed by atoms with Crippen LogP contribution in [-0.2, 0) is 14.3 Å². The average Bonchev–Trinajstić information content (AvgIpc) is 2.84. The van der Waals surface area contributed by atoms with Crippen LogP contribution in [0, 0.1) is 0 Å². The summed E-state index contributed by atoms with van der Waals surface area (Å²) in [4.78, 5) is 36.6. The lowest BCUT2D eigenvalue weighted by atomic mass is 10.2. The second-order valence-electron chi connectivity index (χ2n) is 4.81. The van der Waals surface area contributed by atoms with Gasteiger partial charge in [0.1, 0.15) is 6.54 Å². The first-order valence-electron chi connectivity index (χ1n) is 7.23. The zero-order valence-electron chi connectivity index (χ0n) is 13.8. The lowest BCUT2D eigenvalue weighted by Gasteiger charge is -2.12. The van der Waals surface area contributed by atoms with Crippen LogP contribution in [0.3, 0.4) is 0 Å². The number of carbonyl (C=O) groups is 3. The number of thioether (sulfide) groups is 1. The molecule has 1 saturated heterocycles. The number of esters is 1. The minimum atomic E-state index is -0.658. The van der Waals surface area contributed by atoms with Gasteiger partial charge in [-0.25, -0.2) is 0 Å². The van der Waals surface area contributed by atoms with Crippen LogP contribution < -0.4 is 9.47 Å². The molecular formula is C16H16BrNO6S. The number of carbonyl (C=O) groups excluding carboxylic acids is 3. The quantitative estimate of drug-likeness (QED) is 0.507. The van der Waals surface area contributed by atoms with Gasteiger partial charge in [-0.2, -0.15) is 0 Å². The van der Waals surface area contributed by atoms with Gasteiger partial charge in [0.2, 0.25) is 0 Å². The van der Waals surface area contributed by atoms with Crippen molar-refractivity contribution in [2.24, 2.45) is 0 Å². The van der Waals surface area contributed by atoms with Crippen LogP contribution in [0.4, 0.5) is 4.79 Å². The Morgan fingerprint density at radius 2 is 2.04 bits per heavy atom. The largest absolute Gasteiger partial charge is 0.493 e. The molecule has 2 rings (SSSR count). The van der Waals surface area contributed by atoms with E-state index in [-0.39, 0.29) is 4.91 Å². The number of hydrogen-bond acceptors (Lipinski definition) is 7. The second kappa shape index (κ2) is 8.39. The lowest BCUT2D eigenvalue weighted by molar-refractivity contribution is -0.143. The van der Waals surface area contributed by atoms with Gasteiger partial charge in [0, 0.05) is 0 Å². The summed E-state index contributed by atoms with van der Waals surface area (Å²) in [6, 6.07) is 3.45. The zero-order valence-corrected chi connectivity index (χ0v) is 16.2. The Labute approximate surface area is 157 Å². The summed E-state index contributed by atoms with van der Waals surface area (Å²) >= 11 is 4.17. The predicted octanol–water partition coefficient (Wildman–Crippen LogP) is 3.07. The fourth-order valence-corrected chi connectivity index (χ4v) is 3.50. The monoisotopic (exact) mass is 429 g/mol. The molecule has 1 aromatic rings. The highest BCUT2D eigenvalue weighted by Crippen LogP contribution is 2.39. The second-order valence-corrected chi connectivity index (χ2v) is 6.66. The minimum absolute atomic E-state index is 0.215. The third kappa shape index (κ3) is 4.35. The fraction of sp³-hybridized carbons (Fsp3) is 0.312. The van der Waals surface area contributed by atoms with E-state index >= 15 is 0 Å². The van der Waals surface area contributed by atoms with Crippen molar-refractivity contribution in [1.82, 2.24) is 4.90 Å². The van der Waals surface area contributed by atoms with E-state index < -0.39 is 23.7 Å². The predicted molar refractivity (Wildman–Crippen MR) is 96.6 cm³/mol. The average molecular weight is 430 g/mol. The molecule has 25 heavy (non-hydrogen) atoms. The number of hydrogen-bond donors (Lipinski definition) is 0. The zero-order chi connectivity index (χ0) is 18.6. The maximum Gasteiger partial charge on any atom is 0.325 e. The molecular weight excluding hydrogens is 414 g/mol. The highest BCUT2D eigenvalue weighted by atomic mass is 79.9. The number of amides is 2. The molecule has 0 aromatic heterocycles. The fourth-order valence-electron chi connectivity index (χ4n) is 2.09. The lowest BCUT2D eigenvalue weighted by Crippen LogP contribution is -2.34. The molecule has 2 amide bonds. The van der Waals surface area contributed by atoms with Gasteiger partial charge in [-0.05, 0) is 58.4 Å². The Morgan fingerprint density at radius 3 is 2.64 bits per heavy atom. The molecule has 0 radical (unpaired) electrons. The van der Waals surface area contributed by atoms with E-state index in [9.17, 15) is 14.4 Å². The highest BCUT2D eigenvalue weighted by molar-refractivity contribution is 9.10. The summed E-state index contributed by atoms with van der Waals surface area (Å²) in [5.41, 5.74) is 0.649. The van der Waals surface area contributed by atoms with Crippen LogP contribution in [0.1, 0.15) is 12.5 Å². The molecule has 1 heterocycles. The molecule has 0 saturated carbocycles. The van der Waals surface area contributed by atoms with Crippen LogP contribution in [-0.4, -0.2) is 49.4 Å². The molecule has 0 N–H and O–H groups in total. The topological polar surface area (TPSA) is 82.1 Å². The third-order valence-electron chi connectivity index (χ3n) is 3.23. The Kier molecular flexibility index (Phi) is 6.49. The summed E-state index contributed by atoms with van der Waals surface area (Å²) in [5.74, 6) is -0.143. The molecule has 1 aromatic carbocycles. The summed E-state index contributed by atoms with van der Waals surface area (Å²) in [6.45, 7) is 1.92. The van der Waals surface area contributed by atoms with Crippen molar-refractivity contribution in [2.75, 3.05) is 27.4 Å². The molecule has 0 unspecified atom stereocenters. The van der Waals surface area contributed by atoms with Crippen LogP contribution in [0.15, 0.2) is 21.5 Å². The van der Waals surface area contributed by atoms with Gasteiger partial charge in [-0.3, -0.25) is 19.3 Å². The van der Waals surface area contributed by atoms with Gasteiger partial charge in [0.05, 0.1) is 30.2 Å². The van der Waals surface area contributed by atoms with E-state index in [4.69, 9.17) is 9.47 Å². The number of methoxy groups -OCH3 is 2. The molecule has 1 aliphatic heterocycles. The van der Waals surface area contributed by atoms with E-state index in [1.54, 1.807) is 18.2 Å². The SMILES string of the molecule is CCOc1c(Br)cc(/C=C2\SC(=O)N(CC(=O)OC)C2=O)cc1OC. The van der Waals surface area contributed by atoms with Crippen molar-refractivity contribution in [3.05, 3.63) is 27.1 Å². The number of benzene rings is 1. The molecule has 0 spiro atoms. The Hall–Kier alpha value is -2.00. The summed E-state index contributed by atoms with van der Waals surface area (Å²) < 4.78 is 16.0. The summed E-state index contributed by atoms with van der Waals surface area (Å²) in [5, 5.41) is -0.515. The van der Waals surface area contributed by atoms with Gasteiger partial charge in [0.25, 0.3) is 11.1 Å². The number of imide groups is 1. The maximum atomic E-state index is 12.3. The van der Waals surface area contributed by atoms with E-state index in [1.807, 2.05) is 6.92 Å². The van der Waals surface area contributed by atoms with E-state index in [1.165, 1.54) is 14.2 Å². The van der Waals surface area contributed by atoms with Crippen LogP contribution >= 0.6 is 27.7 Å².